The Kier molecular flexibility index (Phi) is 8.32. The molecule has 1 aromatic carbocycles. The second-order valence-electron chi connectivity index (χ2n) is 9.41. The first-order valence-corrected chi connectivity index (χ1v) is 11.7. The van der Waals surface area contributed by atoms with Gasteiger partial charge in [-0.15, -0.1) is 0 Å². The summed E-state index contributed by atoms with van der Waals surface area (Å²) >= 11 is 0. The molecule has 2 saturated carbocycles. The molecular weight excluding hydrogens is 494 g/mol. The van der Waals surface area contributed by atoms with Gasteiger partial charge in [0, 0.05) is 32.1 Å². The number of aromatic nitrogens is 2. The Morgan fingerprint density at radius 1 is 1.27 bits per heavy atom. The number of nitrogens with zero attached hydrogens (tertiary/aromatic N) is 2. The maximum Gasteiger partial charge on any atom is 0.343 e. The van der Waals surface area contributed by atoms with Crippen LogP contribution >= 0.6 is 0 Å². The zero-order valence-corrected chi connectivity index (χ0v) is 20.6. The van der Waals surface area contributed by atoms with Gasteiger partial charge in [-0.1, -0.05) is 30.3 Å². The molecule has 2 aromatic rings. The second kappa shape index (κ2) is 10.6. The Hall–Kier alpha value is -1.80. The van der Waals surface area contributed by atoms with Gasteiger partial charge in [-0.3, -0.25) is 0 Å². The minimum Gasteiger partial charge on any atom is -1.00 e. The fourth-order valence-electron chi connectivity index (χ4n) is 4.80. The topological polar surface area (TPSA) is 55.3 Å². The van der Waals surface area contributed by atoms with E-state index in [1.165, 1.54) is 12.8 Å². The average Bonchev–Trinajstić information content (AvgIpc) is 3.54. The first kappa shape index (κ1) is 25.8. The summed E-state index contributed by atoms with van der Waals surface area (Å²) in [6.45, 7) is 3.93. The number of rotatable bonds is 9. The summed E-state index contributed by atoms with van der Waals surface area (Å²) < 4.78 is 38.1. The third-order valence-corrected chi connectivity index (χ3v) is 6.94. The third-order valence-electron chi connectivity index (χ3n) is 6.94. The number of hydrogen-bond acceptors (Lipinski definition) is 3. The molecule has 2 atom stereocenters. The number of hydrogen-bond donors (Lipinski definition) is 1. The van der Waals surface area contributed by atoms with E-state index < -0.39 is 29.8 Å². The summed E-state index contributed by atoms with van der Waals surface area (Å²) in [5.74, 6) is -2.64. The summed E-state index contributed by atoms with van der Waals surface area (Å²) in [5, 5.41) is 11.4. The lowest BCUT2D eigenvalue weighted by Crippen LogP contribution is -3.00. The van der Waals surface area contributed by atoms with E-state index in [4.69, 9.17) is 4.74 Å². The van der Waals surface area contributed by atoms with Crippen LogP contribution in [0.25, 0.3) is 0 Å². The fourth-order valence-corrected chi connectivity index (χ4v) is 4.80. The SMILES string of the molecule is Cc1n(CCCOC(=O)[C@](O)(c2ccccc2)[C@@H]2CCCC(F)(F)C2)cc[n+]1CC1CC1.[Br-]. The van der Waals surface area contributed by atoms with Crippen molar-refractivity contribution < 1.29 is 45.0 Å². The molecule has 0 unspecified atom stereocenters. The monoisotopic (exact) mass is 526 g/mol. The van der Waals surface area contributed by atoms with Crippen LogP contribution in [0.1, 0.15) is 56.3 Å². The summed E-state index contributed by atoms with van der Waals surface area (Å²) in [6, 6.07) is 8.37. The number of esters is 1. The number of imidazole rings is 1. The molecule has 1 N–H and O–H groups in total. The van der Waals surface area contributed by atoms with Gasteiger partial charge in [0.2, 0.25) is 5.92 Å². The van der Waals surface area contributed by atoms with Crippen molar-refractivity contribution in [3.05, 3.63) is 54.1 Å². The van der Waals surface area contributed by atoms with Crippen LogP contribution in [0.4, 0.5) is 8.78 Å². The number of carbonyl (C=O) groups excluding carboxylic acids is 1. The maximum atomic E-state index is 14.1. The van der Waals surface area contributed by atoms with E-state index in [0.29, 0.717) is 24.9 Å². The number of halogens is 3. The van der Waals surface area contributed by atoms with E-state index >= 15 is 0 Å². The zero-order valence-electron chi connectivity index (χ0n) is 19.1. The van der Waals surface area contributed by atoms with Crippen molar-refractivity contribution in [1.29, 1.82) is 0 Å². The molecule has 0 aliphatic heterocycles. The Balaban J connectivity index is 0.00000306. The number of carbonyl (C=O) groups is 1. The highest BCUT2D eigenvalue weighted by molar-refractivity contribution is 5.81. The number of alkyl halides is 2. The van der Waals surface area contributed by atoms with Gasteiger partial charge >= 0.3 is 5.97 Å². The van der Waals surface area contributed by atoms with Gasteiger partial charge in [0.05, 0.1) is 19.7 Å². The second-order valence-corrected chi connectivity index (χ2v) is 9.41. The molecule has 1 aromatic heterocycles. The predicted octanol–water partition coefficient (Wildman–Crippen LogP) is 1.14. The van der Waals surface area contributed by atoms with Gasteiger partial charge in [-0.05, 0) is 37.2 Å². The first-order chi connectivity index (χ1) is 15.3. The molecular formula is C25H33BrF2N2O3. The molecule has 2 fully saturated rings. The van der Waals surface area contributed by atoms with Crippen LogP contribution in [0.15, 0.2) is 42.7 Å². The van der Waals surface area contributed by atoms with Crippen molar-refractivity contribution in [3.8, 4) is 0 Å². The summed E-state index contributed by atoms with van der Waals surface area (Å²) in [5.41, 5.74) is -1.75. The normalized spacial score (nSPS) is 21.6. The average molecular weight is 527 g/mol. The van der Waals surface area contributed by atoms with Crippen LogP contribution < -0.4 is 21.5 Å². The summed E-state index contributed by atoms with van der Waals surface area (Å²) in [6.07, 6.45) is 7.19. The lowest BCUT2D eigenvalue weighted by molar-refractivity contribution is -0.705. The van der Waals surface area contributed by atoms with Crippen LogP contribution in [-0.2, 0) is 28.2 Å². The molecule has 1 heterocycles. The molecule has 0 radical (unpaired) electrons. The van der Waals surface area contributed by atoms with Crippen LogP contribution in [0.3, 0.4) is 0 Å². The standard InChI is InChI=1S/C25H33F2N2O3.BrH/c1-19-28(14-15-29(19)18-20-10-11-20)13-6-16-32-23(30)25(31,21-7-3-2-4-8-21)22-9-5-12-24(26,27)17-22;/h2-4,7-8,14-15,20,22,31H,5-6,9-13,16-18H2,1H3;1H/q+1;/p-1/t22-,25+;/m1./s1. The number of aryl methyl sites for hydroxylation is 1. The van der Waals surface area contributed by atoms with Crippen molar-refractivity contribution in [2.45, 2.75) is 76.5 Å². The maximum absolute atomic E-state index is 14.1. The summed E-state index contributed by atoms with van der Waals surface area (Å²) in [4.78, 5) is 13.1. The molecule has 8 heteroatoms. The Bertz CT molecular complexity index is 933. The van der Waals surface area contributed by atoms with E-state index in [1.54, 1.807) is 30.3 Å². The van der Waals surface area contributed by atoms with Crippen LogP contribution in [0.5, 0.6) is 0 Å². The molecule has 0 saturated heterocycles. The molecule has 4 rings (SSSR count). The molecule has 0 bridgehead atoms. The lowest BCUT2D eigenvalue weighted by atomic mass is 9.72. The number of ether oxygens (including phenoxy) is 1. The predicted molar refractivity (Wildman–Crippen MR) is 115 cm³/mol. The van der Waals surface area contributed by atoms with Crippen LogP contribution in [-0.4, -0.2) is 28.2 Å². The molecule has 182 valence electrons. The van der Waals surface area contributed by atoms with E-state index in [2.05, 4.69) is 22.3 Å². The Morgan fingerprint density at radius 2 is 2.00 bits per heavy atom. The highest BCUT2D eigenvalue weighted by Gasteiger charge is 2.52. The fraction of sp³-hybridized carbons (Fsp3) is 0.600. The van der Waals surface area contributed by atoms with Crippen LogP contribution in [0, 0.1) is 18.8 Å². The van der Waals surface area contributed by atoms with Crippen molar-refractivity contribution in [2.75, 3.05) is 6.61 Å². The van der Waals surface area contributed by atoms with E-state index in [9.17, 15) is 18.7 Å². The van der Waals surface area contributed by atoms with Gasteiger partial charge in [0.15, 0.2) is 5.60 Å². The van der Waals surface area contributed by atoms with Gasteiger partial charge in [-0.25, -0.2) is 22.7 Å². The van der Waals surface area contributed by atoms with Crippen molar-refractivity contribution in [1.82, 2.24) is 4.57 Å². The van der Waals surface area contributed by atoms with E-state index in [1.807, 2.05) is 6.20 Å². The van der Waals surface area contributed by atoms with Crippen molar-refractivity contribution in [3.63, 3.8) is 0 Å². The largest absolute Gasteiger partial charge is 1.00 e. The van der Waals surface area contributed by atoms with Gasteiger partial charge in [0.25, 0.3) is 5.82 Å². The molecule has 0 amide bonds. The van der Waals surface area contributed by atoms with Crippen molar-refractivity contribution in [2.24, 2.45) is 11.8 Å². The Labute approximate surface area is 204 Å². The smallest absolute Gasteiger partial charge is 0.343 e. The highest BCUT2D eigenvalue weighted by Crippen LogP contribution is 2.45. The summed E-state index contributed by atoms with van der Waals surface area (Å²) in [7, 11) is 0. The number of benzene rings is 1. The molecule has 5 nitrogen and oxygen atoms in total. The lowest BCUT2D eigenvalue weighted by Gasteiger charge is -2.39. The van der Waals surface area contributed by atoms with E-state index in [0.717, 1.165) is 18.3 Å². The minimum absolute atomic E-state index is 0. The van der Waals surface area contributed by atoms with Gasteiger partial charge in [0.1, 0.15) is 12.4 Å². The van der Waals surface area contributed by atoms with Crippen molar-refractivity contribution >= 4 is 5.97 Å². The molecule has 2 aliphatic carbocycles. The van der Waals surface area contributed by atoms with Crippen LogP contribution in [0.2, 0.25) is 0 Å². The van der Waals surface area contributed by atoms with Gasteiger partial charge in [-0.2, -0.15) is 0 Å². The number of aliphatic hydroxyl groups is 1. The van der Waals surface area contributed by atoms with E-state index in [-0.39, 0.29) is 36.4 Å². The Morgan fingerprint density at radius 3 is 2.67 bits per heavy atom. The zero-order chi connectivity index (χ0) is 22.8. The molecule has 0 spiro atoms. The highest BCUT2D eigenvalue weighted by atomic mass is 79.9. The molecule has 2 aliphatic rings. The quantitative estimate of drug-likeness (QED) is 0.303. The first-order valence-electron chi connectivity index (χ1n) is 11.7. The molecule has 33 heavy (non-hydrogen) atoms. The third kappa shape index (κ3) is 6.01. The van der Waals surface area contributed by atoms with Gasteiger partial charge < -0.3 is 26.8 Å². The minimum atomic E-state index is -2.88.